The fourth-order valence-electron chi connectivity index (χ4n) is 2.62. The first-order valence-electron chi connectivity index (χ1n) is 6.70. The van der Waals surface area contributed by atoms with Gasteiger partial charge in [-0.3, -0.25) is 4.79 Å². The van der Waals surface area contributed by atoms with Gasteiger partial charge in [0.1, 0.15) is 11.0 Å². The Balaban J connectivity index is 2.01. The molecule has 1 aliphatic carbocycles. The number of aromatic nitrogens is 1. The first kappa shape index (κ1) is 14.3. The third kappa shape index (κ3) is 3.66. The molecule has 0 aromatic carbocycles. The van der Waals surface area contributed by atoms with Gasteiger partial charge in [0.05, 0.1) is 11.8 Å². The molecule has 1 atom stereocenters. The van der Waals surface area contributed by atoms with E-state index in [0.29, 0.717) is 5.92 Å². The Labute approximate surface area is 117 Å². The van der Waals surface area contributed by atoms with Crippen LogP contribution in [0.15, 0.2) is 12.3 Å². The lowest BCUT2D eigenvalue weighted by atomic mass is 9.84. The van der Waals surface area contributed by atoms with E-state index in [2.05, 4.69) is 10.3 Å². The zero-order valence-electron chi connectivity index (χ0n) is 11.0. The number of carbonyl (C=O) groups is 1. The highest BCUT2D eigenvalue weighted by molar-refractivity contribution is 6.32. The molecule has 1 aromatic rings. The Bertz CT molecular complexity index is 461. The number of nitrogens with zero attached hydrogens (tertiary/aromatic N) is 1. The van der Waals surface area contributed by atoms with E-state index in [-0.39, 0.29) is 22.7 Å². The van der Waals surface area contributed by atoms with Crippen molar-refractivity contribution in [3.05, 3.63) is 28.8 Å². The molecule has 0 spiro atoms. The van der Waals surface area contributed by atoms with Crippen molar-refractivity contribution in [1.82, 2.24) is 10.3 Å². The van der Waals surface area contributed by atoms with Crippen LogP contribution in [0.25, 0.3) is 0 Å². The summed E-state index contributed by atoms with van der Waals surface area (Å²) in [6.07, 6.45) is 6.98. The quantitative estimate of drug-likeness (QED) is 0.862. The van der Waals surface area contributed by atoms with E-state index in [1.165, 1.54) is 19.3 Å². The number of pyridine rings is 1. The molecule has 19 heavy (non-hydrogen) atoms. The number of carbonyl (C=O) groups excluding carboxylic acids is 1. The lowest BCUT2D eigenvalue weighted by Gasteiger charge is -2.28. The summed E-state index contributed by atoms with van der Waals surface area (Å²) in [6.45, 7) is 1.99. The number of hydrogen-bond donors (Lipinski definition) is 1. The second-order valence-electron chi connectivity index (χ2n) is 5.15. The highest BCUT2D eigenvalue weighted by Gasteiger charge is 2.23. The van der Waals surface area contributed by atoms with Crippen molar-refractivity contribution < 1.29 is 9.18 Å². The number of hydrogen-bond acceptors (Lipinski definition) is 2. The molecule has 3 nitrogen and oxygen atoms in total. The Morgan fingerprint density at radius 3 is 2.84 bits per heavy atom. The Hall–Kier alpha value is -1.16. The Kier molecular flexibility index (Phi) is 4.75. The van der Waals surface area contributed by atoms with Gasteiger partial charge in [0.25, 0.3) is 5.91 Å². The monoisotopic (exact) mass is 284 g/mol. The van der Waals surface area contributed by atoms with Crippen LogP contribution in [0.2, 0.25) is 5.15 Å². The molecule has 1 N–H and O–H groups in total. The molecule has 1 aliphatic rings. The maximum atomic E-state index is 13.1. The van der Waals surface area contributed by atoms with Crippen molar-refractivity contribution in [2.75, 3.05) is 0 Å². The molecule has 0 saturated heterocycles. The average Bonchev–Trinajstić information content (AvgIpc) is 2.42. The van der Waals surface area contributed by atoms with E-state index in [1.54, 1.807) is 0 Å². The van der Waals surface area contributed by atoms with E-state index in [1.807, 2.05) is 6.92 Å². The Morgan fingerprint density at radius 2 is 2.16 bits per heavy atom. The number of rotatable bonds is 3. The van der Waals surface area contributed by atoms with Gasteiger partial charge >= 0.3 is 0 Å². The van der Waals surface area contributed by atoms with Gasteiger partial charge in [-0.1, -0.05) is 30.9 Å². The van der Waals surface area contributed by atoms with Gasteiger partial charge < -0.3 is 5.32 Å². The van der Waals surface area contributed by atoms with E-state index >= 15 is 0 Å². The van der Waals surface area contributed by atoms with Gasteiger partial charge in [0.15, 0.2) is 0 Å². The first-order valence-corrected chi connectivity index (χ1v) is 7.07. The van der Waals surface area contributed by atoms with Gasteiger partial charge in [-0.2, -0.15) is 0 Å². The third-order valence-electron chi connectivity index (χ3n) is 3.77. The Morgan fingerprint density at radius 1 is 1.47 bits per heavy atom. The van der Waals surface area contributed by atoms with Crippen LogP contribution in [-0.2, 0) is 0 Å². The number of nitrogens with one attached hydrogen (secondary N) is 1. The number of amides is 1. The summed E-state index contributed by atoms with van der Waals surface area (Å²) in [5, 5.41) is 2.94. The van der Waals surface area contributed by atoms with Crippen molar-refractivity contribution in [2.24, 2.45) is 5.92 Å². The summed E-state index contributed by atoms with van der Waals surface area (Å²) in [5.41, 5.74) is 0.101. The van der Waals surface area contributed by atoms with Crippen molar-refractivity contribution in [3.8, 4) is 0 Å². The largest absolute Gasteiger partial charge is 0.349 e. The smallest absolute Gasteiger partial charge is 0.254 e. The molecule has 0 radical (unpaired) electrons. The number of halogens is 2. The average molecular weight is 285 g/mol. The van der Waals surface area contributed by atoms with E-state index in [4.69, 9.17) is 11.6 Å². The van der Waals surface area contributed by atoms with Crippen LogP contribution < -0.4 is 5.32 Å². The fourth-order valence-corrected chi connectivity index (χ4v) is 2.81. The lowest BCUT2D eigenvalue weighted by molar-refractivity contribution is 0.0918. The summed E-state index contributed by atoms with van der Waals surface area (Å²) < 4.78 is 13.1. The van der Waals surface area contributed by atoms with Crippen LogP contribution in [0.4, 0.5) is 4.39 Å². The van der Waals surface area contributed by atoms with Crippen LogP contribution in [0.1, 0.15) is 49.4 Å². The standard InChI is InChI=1S/C14H18ClFN2O/c1-9(10-5-3-2-4-6-10)18-14(19)12-7-11(16)8-17-13(12)15/h7-10H,2-6H2,1H3,(H,18,19). The van der Waals surface area contributed by atoms with Gasteiger partial charge in [0.2, 0.25) is 0 Å². The zero-order valence-corrected chi connectivity index (χ0v) is 11.7. The molecular weight excluding hydrogens is 267 g/mol. The molecule has 1 aromatic heterocycles. The molecule has 1 fully saturated rings. The fraction of sp³-hybridized carbons (Fsp3) is 0.571. The molecule has 5 heteroatoms. The molecule has 1 unspecified atom stereocenters. The molecule has 1 saturated carbocycles. The topological polar surface area (TPSA) is 42.0 Å². The van der Waals surface area contributed by atoms with Crippen LogP contribution in [0, 0.1) is 11.7 Å². The zero-order chi connectivity index (χ0) is 13.8. The SMILES string of the molecule is CC(NC(=O)c1cc(F)cnc1Cl)C1CCCCC1. The van der Waals surface area contributed by atoms with Gasteiger partial charge in [-0.25, -0.2) is 9.37 Å². The van der Waals surface area contributed by atoms with Gasteiger partial charge in [0, 0.05) is 6.04 Å². The summed E-state index contributed by atoms with van der Waals surface area (Å²) >= 11 is 5.82. The van der Waals surface area contributed by atoms with Crippen molar-refractivity contribution in [3.63, 3.8) is 0 Å². The molecule has 0 aliphatic heterocycles. The molecule has 1 heterocycles. The maximum absolute atomic E-state index is 13.1. The van der Waals surface area contributed by atoms with E-state index < -0.39 is 5.82 Å². The highest BCUT2D eigenvalue weighted by Crippen LogP contribution is 2.26. The highest BCUT2D eigenvalue weighted by atomic mass is 35.5. The van der Waals surface area contributed by atoms with Gasteiger partial charge in [-0.15, -0.1) is 0 Å². The molecule has 104 valence electrons. The second-order valence-corrected chi connectivity index (χ2v) is 5.51. The summed E-state index contributed by atoms with van der Waals surface area (Å²) in [4.78, 5) is 15.7. The molecule has 0 bridgehead atoms. The van der Waals surface area contributed by atoms with Crippen LogP contribution in [0.5, 0.6) is 0 Å². The van der Waals surface area contributed by atoms with Crippen LogP contribution >= 0.6 is 11.6 Å². The third-order valence-corrected chi connectivity index (χ3v) is 4.07. The minimum absolute atomic E-state index is 0.0368. The predicted octanol–water partition coefficient (Wildman–Crippen LogP) is 3.57. The second kappa shape index (κ2) is 6.33. The van der Waals surface area contributed by atoms with Crippen molar-refractivity contribution >= 4 is 17.5 Å². The van der Waals surface area contributed by atoms with Crippen LogP contribution in [-0.4, -0.2) is 16.9 Å². The van der Waals surface area contributed by atoms with Crippen molar-refractivity contribution in [2.45, 2.75) is 45.1 Å². The lowest BCUT2D eigenvalue weighted by Crippen LogP contribution is -2.39. The molecular formula is C14H18ClFN2O. The predicted molar refractivity (Wildman–Crippen MR) is 72.7 cm³/mol. The normalized spacial score (nSPS) is 18.1. The van der Waals surface area contributed by atoms with Gasteiger partial charge in [-0.05, 0) is 31.7 Å². The molecule has 1 amide bonds. The molecule has 2 rings (SSSR count). The summed E-state index contributed by atoms with van der Waals surface area (Å²) in [6, 6.07) is 1.20. The maximum Gasteiger partial charge on any atom is 0.254 e. The first-order chi connectivity index (χ1) is 9.08. The minimum Gasteiger partial charge on any atom is -0.349 e. The van der Waals surface area contributed by atoms with Crippen LogP contribution in [0.3, 0.4) is 0 Å². The summed E-state index contributed by atoms with van der Waals surface area (Å²) in [5.74, 6) is -0.409. The van der Waals surface area contributed by atoms with E-state index in [9.17, 15) is 9.18 Å². The minimum atomic E-state index is -0.556. The van der Waals surface area contributed by atoms with E-state index in [0.717, 1.165) is 25.1 Å². The van der Waals surface area contributed by atoms with Crippen molar-refractivity contribution in [1.29, 1.82) is 0 Å². The summed E-state index contributed by atoms with van der Waals surface area (Å²) in [7, 11) is 0.